The van der Waals surface area contributed by atoms with Crippen molar-refractivity contribution in [3.63, 3.8) is 0 Å². The molecule has 2 saturated heterocycles. The molecule has 45 heavy (non-hydrogen) atoms. The largest absolute Gasteiger partial charge is 0.457 e. The third-order valence-corrected chi connectivity index (χ3v) is 7.21. The van der Waals surface area contributed by atoms with Crippen LogP contribution in [0.4, 0.5) is 0 Å². The van der Waals surface area contributed by atoms with Crippen LogP contribution >= 0.6 is 0 Å². The van der Waals surface area contributed by atoms with Gasteiger partial charge in [0.25, 0.3) is 11.8 Å². The molecule has 0 aromatic rings. The Hall–Kier alpha value is -4.30. The molecule has 0 aliphatic carbocycles. The number of primary amides is 1. The standard InChI is InChI=1S/C31H45N5O9/c1-2-3-4-5-6-7-8-9-10-11-12-13-14-15-20-26(40)30(43)36-22-18-25(39)45-28(22)27(41)31(44)35-21(16-17-23(32)37)29(42)33-19-24(38)34-20/h2,9-14,20-22,26-28,40-41H,1,3-8,15-19H2,(H2,32,37)(H,33,42)(H,34,38)(H,35,44)(H,36,43)/b10-9+,12-11+,14-13+/t20-,21+,22-,26+,27+,28-/m1/s1. The Balaban J connectivity index is 2.12. The van der Waals surface area contributed by atoms with Crippen LogP contribution in [0.5, 0.6) is 0 Å². The van der Waals surface area contributed by atoms with E-state index in [9.17, 15) is 39.0 Å². The molecule has 2 fully saturated rings. The summed E-state index contributed by atoms with van der Waals surface area (Å²) < 4.78 is 5.06. The molecule has 2 aliphatic rings. The molecular formula is C31H45N5O9. The van der Waals surface area contributed by atoms with Crippen molar-refractivity contribution in [2.45, 2.75) is 101 Å². The molecule has 2 rings (SSSR count). The number of amides is 5. The fraction of sp³-hybridized carbons (Fsp3) is 0.548. The normalized spacial score (nSPS) is 26.8. The summed E-state index contributed by atoms with van der Waals surface area (Å²) in [6.07, 6.45) is 13.1. The number of aliphatic hydroxyl groups excluding tert-OH is 2. The number of fused-ring (bicyclic) bond motifs is 1. The monoisotopic (exact) mass is 631 g/mol. The average Bonchev–Trinajstić information content (AvgIpc) is 3.37. The molecule has 0 aromatic heterocycles. The molecule has 0 bridgehead atoms. The summed E-state index contributed by atoms with van der Waals surface area (Å²) in [5.41, 5.74) is 5.17. The Morgan fingerprint density at radius 1 is 0.867 bits per heavy atom. The zero-order chi connectivity index (χ0) is 33.2. The third kappa shape index (κ3) is 13.5. The number of ether oxygens (including phenoxy) is 1. The van der Waals surface area contributed by atoms with Crippen molar-refractivity contribution in [3.05, 3.63) is 49.1 Å². The molecule has 0 spiro atoms. The fourth-order valence-corrected chi connectivity index (χ4v) is 4.73. The molecule has 5 amide bonds. The number of aliphatic hydroxyl groups is 2. The molecular weight excluding hydrogens is 586 g/mol. The second-order valence-corrected chi connectivity index (χ2v) is 10.9. The summed E-state index contributed by atoms with van der Waals surface area (Å²) in [7, 11) is 0. The first kappa shape index (κ1) is 36.9. The molecule has 0 saturated carbocycles. The maximum absolute atomic E-state index is 13.0. The van der Waals surface area contributed by atoms with E-state index in [1.165, 1.54) is 6.42 Å². The van der Waals surface area contributed by atoms with E-state index in [1.807, 2.05) is 18.2 Å². The van der Waals surface area contributed by atoms with Gasteiger partial charge in [-0.2, -0.15) is 0 Å². The Bertz CT molecular complexity index is 1150. The van der Waals surface area contributed by atoms with E-state index in [4.69, 9.17) is 10.5 Å². The Kier molecular flexibility index (Phi) is 16.3. The number of allylic oxidation sites excluding steroid dienone is 6. The van der Waals surface area contributed by atoms with Crippen molar-refractivity contribution >= 4 is 35.5 Å². The zero-order valence-corrected chi connectivity index (χ0v) is 25.3. The lowest BCUT2D eigenvalue weighted by molar-refractivity contribution is -0.151. The summed E-state index contributed by atoms with van der Waals surface area (Å²) in [4.78, 5) is 74.5. The van der Waals surface area contributed by atoms with E-state index in [0.29, 0.717) is 0 Å². The van der Waals surface area contributed by atoms with Crippen LogP contribution < -0.4 is 27.0 Å². The lowest BCUT2D eigenvalue weighted by Gasteiger charge is -2.26. The van der Waals surface area contributed by atoms with Crippen molar-refractivity contribution in [1.82, 2.24) is 21.3 Å². The minimum Gasteiger partial charge on any atom is -0.457 e. The van der Waals surface area contributed by atoms with Gasteiger partial charge in [0, 0.05) is 6.42 Å². The van der Waals surface area contributed by atoms with Gasteiger partial charge in [0.15, 0.2) is 18.3 Å². The Morgan fingerprint density at radius 2 is 1.53 bits per heavy atom. The minimum atomic E-state index is -2.01. The van der Waals surface area contributed by atoms with E-state index >= 15 is 0 Å². The van der Waals surface area contributed by atoms with Crippen LogP contribution in [-0.2, 0) is 33.5 Å². The molecule has 248 valence electrons. The Labute approximate surface area is 262 Å². The molecule has 14 nitrogen and oxygen atoms in total. The number of nitrogens with two attached hydrogens (primary N) is 1. The molecule has 0 aromatic carbocycles. The van der Waals surface area contributed by atoms with Gasteiger partial charge in [-0.05, 0) is 38.5 Å². The highest BCUT2D eigenvalue weighted by atomic mass is 16.6. The number of rotatable bonds is 14. The van der Waals surface area contributed by atoms with Gasteiger partial charge in [-0.1, -0.05) is 55.4 Å². The zero-order valence-electron chi connectivity index (χ0n) is 25.3. The smallest absolute Gasteiger partial charge is 0.308 e. The van der Waals surface area contributed by atoms with Gasteiger partial charge >= 0.3 is 5.97 Å². The first-order chi connectivity index (χ1) is 21.5. The van der Waals surface area contributed by atoms with Gasteiger partial charge in [0.05, 0.1) is 25.0 Å². The summed E-state index contributed by atoms with van der Waals surface area (Å²) in [6, 6.07) is -3.71. The predicted molar refractivity (Wildman–Crippen MR) is 164 cm³/mol. The lowest BCUT2D eigenvalue weighted by atomic mass is 10.0. The molecule has 6 atom stereocenters. The number of carbonyl (C=O) groups is 6. The molecule has 8 N–H and O–H groups in total. The number of hydrogen-bond acceptors (Lipinski definition) is 9. The lowest BCUT2D eigenvalue weighted by Crippen LogP contribution is -2.57. The van der Waals surface area contributed by atoms with Crippen LogP contribution in [0.3, 0.4) is 0 Å². The second kappa shape index (κ2) is 19.9. The van der Waals surface area contributed by atoms with Crippen LogP contribution in [0, 0.1) is 0 Å². The van der Waals surface area contributed by atoms with Crippen molar-refractivity contribution < 1.29 is 43.7 Å². The van der Waals surface area contributed by atoms with Gasteiger partial charge in [0.2, 0.25) is 17.7 Å². The molecule has 0 unspecified atom stereocenters. The maximum Gasteiger partial charge on any atom is 0.308 e. The van der Waals surface area contributed by atoms with Crippen LogP contribution in [0.25, 0.3) is 0 Å². The molecule has 14 heteroatoms. The highest BCUT2D eigenvalue weighted by molar-refractivity contribution is 5.93. The minimum absolute atomic E-state index is 0.0143. The first-order valence-corrected chi connectivity index (χ1v) is 15.1. The highest BCUT2D eigenvalue weighted by Gasteiger charge is 2.45. The second-order valence-electron chi connectivity index (χ2n) is 10.9. The number of carbonyl (C=O) groups excluding carboxylic acids is 6. The van der Waals surface area contributed by atoms with Crippen LogP contribution in [0.1, 0.15) is 64.2 Å². The summed E-state index contributed by atoms with van der Waals surface area (Å²) in [5, 5.41) is 31.0. The third-order valence-electron chi connectivity index (χ3n) is 7.21. The van der Waals surface area contributed by atoms with Crippen LogP contribution in [0.2, 0.25) is 0 Å². The number of esters is 1. The van der Waals surface area contributed by atoms with Gasteiger partial charge in [-0.15, -0.1) is 6.58 Å². The predicted octanol–water partition coefficient (Wildman–Crippen LogP) is -0.541. The highest BCUT2D eigenvalue weighted by Crippen LogP contribution is 2.20. The van der Waals surface area contributed by atoms with Gasteiger partial charge < -0.3 is 42.0 Å². The quantitative estimate of drug-likeness (QED) is 0.0565. The number of nitrogens with one attached hydrogen (secondary N) is 4. The molecule has 2 aliphatic heterocycles. The first-order valence-electron chi connectivity index (χ1n) is 15.1. The SMILES string of the molecule is C=CCCCCCC/C=C/C=C/C=C/C[C@H]1NC(=O)CNC(=O)[C@H](CCC(N)=O)NC(=O)[C@@H](O)[C@@H]2OC(=O)C[C@H]2NC(=O)[C@H]1O. The van der Waals surface area contributed by atoms with E-state index in [2.05, 4.69) is 33.9 Å². The van der Waals surface area contributed by atoms with Gasteiger partial charge in [-0.25, -0.2) is 0 Å². The van der Waals surface area contributed by atoms with Crippen LogP contribution in [-0.4, -0.2) is 88.7 Å². The summed E-state index contributed by atoms with van der Waals surface area (Å²) in [6.45, 7) is 3.13. The number of hydrogen-bond donors (Lipinski definition) is 7. The van der Waals surface area contributed by atoms with Gasteiger partial charge in [0.1, 0.15) is 6.04 Å². The van der Waals surface area contributed by atoms with E-state index < -0.39 is 84.9 Å². The van der Waals surface area contributed by atoms with E-state index in [1.54, 1.807) is 18.2 Å². The molecule has 0 radical (unpaired) electrons. The maximum atomic E-state index is 13.0. The van der Waals surface area contributed by atoms with Crippen molar-refractivity contribution in [1.29, 1.82) is 0 Å². The fourth-order valence-electron chi connectivity index (χ4n) is 4.73. The van der Waals surface area contributed by atoms with Crippen LogP contribution in [0.15, 0.2) is 49.1 Å². The Morgan fingerprint density at radius 3 is 2.22 bits per heavy atom. The molecule has 2 heterocycles. The average molecular weight is 632 g/mol. The van der Waals surface area contributed by atoms with Crippen molar-refractivity contribution in [3.8, 4) is 0 Å². The van der Waals surface area contributed by atoms with E-state index in [-0.39, 0.29) is 19.3 Å². The van der Waals surface area contributed by atoms with Gasteiger partial charge in [-0.3, -0.25) is 28.8 Å². The summed E-state index contributed by atoms with van der Waals surface area (Å²) in [5.74, 6) is -5.25. The topological polar surface area (TPSA) is 226 Å². The summed E-state index contributed by atoms with van der Waals surface area (Å²) >= 11 is 0. The number of unbranched alkanes of at least 4 members (excludes halogenated alkanes) is 5. The van der Waals surface area contributed by atoms with E-state index in [0.717, 1.165) is 32.1 Å². The van der Waals surface area contributed by atoms with Crippen molar-refractivity contribution in [2.24, 2.45) is 5.73 Å². The van der Waals surface area contributed by atoms with Crippen molar-refractivity contribution in [2.75, 3.05) is 6.54 Å².